The molecule has 192 valence electrons. The predicted molar refractivity (Wildman–Crippen MR) is 172 cm³/mol. The van der Waals surface area contributed by atoms with Crippen molar-refractivity contribution in [3.63, 3.8) is 0 Å². The van der Waals surface area contributed by atoms with Gasteiger partial charge in [-0.3, -0.25) is 4.98 Å². The second-order valence-electron chi connectivity index (χ2n) is 11.7. The zero-order valence-corrected chi connectivity index (χ0v) is 23.1. The van der Waals surface area contributed by atoms with Gasteiger partial charge in [0.2, 0.25) is 0 Å². The number of hydrogen-bond acceptors (Lipinski definition) is 1. The van der Waals surface area contributed by atoms with Crippen molar-refractivity contribution in [3.05, 3.63) is 139 Å². The number of rotatable bonds is 3. The number of fused-ring (bicyclic) bond motifs is 3. The average Bonchev–Trinajstić information content (AvgIpc) is 2.99. The van der Waals surface area contributed by atoms with Gasteiger partial charge >= 0.3 is 0 Å². The van der Waals surface area contributed by atoms with Crippen LogP contribution in [0.25, 0.3) is 65.7 Å². The van der Waals surface area contributed by atoms with Crippen LogP contribution in [0.1, 0.15) is 26.3 Å². The molecule has 0 amide bonds. The first-order chi connectivity index (χ1) is 19.5. The van der Waals surface area contributed by atoms with Crippen LogP contribution in [0.3, 0.4) is 0 Å². The maximum absolute atomic E-state index is 4.17. The third-order valence-corrected chi connectivity index (χ3v) is 8.11. The van der Waals surface area contributed by atoms with Crippen molar-refractivity contribution in [3.8, 4) is 33.4 Å². The van der Waals surface area contributed by atoms with Gasteiger partial charge in [0.25, 0.3) is 0 Å². The molecule has 0 N–H and O–H groups in total. The third kappa shape index (κ3) is 4.15. The summed E-state index contributed by atoms with van der Waals surface area (Å²) >= 11 is 0. The minimum atomic E-state index is 0.127. The molecule has 40 heavy (non-hydrogen) atoms. The molecule has 0 radical (unpaired) electrons. The van der Waals surface area contributed by atoms with E-state index in [9.17, 15) is 0 Å². The lowest BCUT2D eigenvalue weighted by Crippen LogP contribution is -2.10. The molecule has 7 rings (SSSR count). The molecular weight excluding hydrogens is 482 g/mol. The lowest BCUT2D eigenvalue weighted by atomic mass is 9.83. The van der Waals surface area contributed by atoms with E-state index >= 15 is 0 Å². The van der Waals surface area contributed by atoms with Gasteiger partial charge in [0, 0.05) is 12.4 Å². The molecule has 0 bridgehead atoms. The quantitative estimate of drug-likeness (QED) is 0.214. The molecule has 0 aliphatic heterocycles. The summed E-state index contributed by atoms with van der Waals surface area (Å²) in [4.78, 5) is 4.17. The van der Waals surface area contributed by atoms with Gasteiger partial charge in [0.15, 0.2) is 0 Å². The molecule has 0 saturated heterocycles. The Kier molecular flexibility index (Phi) is 5.75. The summed E-state index contributed by atoms with van der Waals surface area (Å²) in [6.45, 7) is 6.81. The molecule has 0 saturated carbocycles. The lowest BCUT2D eigenvalue weighted by Gasteiger charge is -2.21. The Balaban J connectivity index is 1.45. The van der Waals surface area contributed by atoms with Crippen molar-refractivity contribution in [2.45, 2.75) is 26.2 Å². The smallest absolute Gasteiger partial charge is 0.0273 e. The molecule has 0 unspecified atom stereocenters. The van der Waals surface area contributed by atoms with Crippen LogP contribution < -0.4 is 0 Å². The monoisotopic (exact) mass is 513 g/mol. The molecule has 1 heteroatoms. The summed E-state index contributed by atoms with van der Waals surface area (Å²) in [6, 6.07) is 44.7. The van der Waals surface area contributed by atoms with E-state index in [0.717, 1.165) is 0 Å². The fraction of sp³-hybridized carbons (Fsp3) is 0.103. The summed E-state index contributed by atoms with van der Waals surface area (Å²) in [5.74, 6) is 0. The lowest BCUT2D eigenvalue weighted by molar-refractivity contribution is 0.590. The van der Waals surface area contributed by atoms with Gasteiger partial charge in [0.05, 0.1) is 0 Å². The van der Waals surface area contributed by atoms with Crippen molar-refractivity contribution in [2.24, 2.45) is 0 Å². The van der Waals surface area contributed by atoms with Gasteiger partial charge in [-0.1, -0.05) is 118 Å². The third-order valence-electron chi connectivity index (χ3n) is 8.11. The molecule has 1 nitrogen and oxygen atoms in total. The first-order valence-electron chi connectivity index (χ1n) is 14.0. The topological polar surface area (TPSA) is 12.9 Å². The second-order valence-corrected chi connectivity index (χ2v) is 11.7. The van der Waals surface area contributed by atoms with Crippen LogP contribution in [0.4, 0.5) is 0 Å². The summed E-state index contributed by atoms with van der Waals surface area (Å²) < 4.78 is 0. The second kappa shape index (κ2) is 9.47. The maximum Gasteiger partial charge on any atom is 0.0273 e. The predicted octanol–water partition coefficient (Wildman–Crippen LogP) is 10.8. The van der Waals surface area contributed by atoms with Crippen LogP contribution in [-0.2, 0) is 5.41 Å². The molecular formula is C39H31N. The van der Waals surface area contributed by atoms with Crippen LogP contribution in [0, 0.1) is 0 Å². The van der Waals surface area contributed by atoms with Crippen LogP contribution in [-0.4, -0.2) is 4.98 Å². The number of aromatic nitrogens is 1. The van der Waals surface area contributed by atoms with E-state index in [1.165, 1.54) is 71.3 Å². The fourth-order valence-corrected chi connectivity index (χ4v) is 6.01. The van der Waals surface area contributed by atoms with Crippen molar-refractivity contribution < 1.29 is 0 Å². The van der Waals surface area contributed by atoms with Crippen molar-refractivity contribution in [2.75, 3.05) is 0 Å². The van der Waals surface area contributed by atoms with Gasteiger partial charge < -0.3 is 0 Å². The Labute approximate surface area is 235 Å². The molecule has 1 heterocycles. The summed E-state index contributed by atoms with van der Waals surface area (Å²) in [6.07, 6.45) is 3.70. The highest BCUT2D eigenvalue weighted by Crippen LogP contribution is 2.44. The number of hydrogen-bond donors (Lipinski definition) is 0. The number of nitrogens with zero attached hydrogens (tertiary/aromatic N) is 1. The Hall–Kier alpha value is -4.75. The molecule has 0 fully saturated rings. The molecule has 1 aromatic heterocycles. The number of pyridine rings is 1. The minimum Gasteiger partial charge on any atom is -0.265 e. The first kappa shape index (κ1) is 24.3. The fourth-order valence-electron chi connectivity index (χ4n) is 6.01. The molecule has 7 aromatic rings. The van der Waals surface area contributed by atoms with E-state index in [1.807, 2.05) is 12.4 Å². The molecule has 0 atom stereocenters. The minimum absolute atomic E-state index is 0.127. The Morgan fingerprint density at radius 3 is 1.40 bits per heavy atom. The van der Waals surface area contributed by atoms with Gasteiger partial charge in [-0.15, -0.1) is 0 Å². The highest BCUT2D eigenvalue weighted by atomic mass is 14.6. The largest absolute Gasteiger partial charge is 0.265 e. The Bertz CT molecular complexity index is 1950. The van der Waals surface area contributed by atoms with E-state index in [0.29, 0.717) is 0 Å². The SMILES string of the molecule is CC(C)(C)c1ccc(-c2c3ccccc3c(-c3ccc4cc(-c5ccncc5)ccc4c3)c3ccccc23)cc1. The van der Waals surface area contributed by atoms with Gasteiger partial charge in [-0.25, -0.2) is 0 Å². The van der Waals surface area contributed by atoms with Gasteiger partial charge in [-0.2, -0.15) is 0 Å². The van der Waals surface area contributed by atoms with E-state index in [2.05, 4.69) is 147 Å². The van der Waals surface area contributed by atoms with E-state index in [4.69, 9.17) is 0 Å². The van der Waals surface area contributed by atoms with E-state index < -0.39 is 0 Å². The standard InChI is InChI=1S/C39H31N/c1-39(2,3)32-18-16-27(17-19-32)37-33-8-4-6-10-35(33)38(36-11-7-5-9-34(36)37)31-15-14-29-24-28(12-13-30(29)25-31)26-20-22-40-23-21-26/h4-25H,1-3H3. The molecule has 0 aliphatic rings. The Morgan fingerprint density at radius 2 is 0.875 bits per heavy atom. The van der Waals surface area contributed by atoms with Gasteiger partial charge in [-0.05, 0) is 101 Å². The van der Waals surface area contributed by atoms with E-state index in [-0.39, 0.29) is 5.41 Å². The van der Waals surface area contributed by atoms with Crippen LogP contribution in [0.5, 0.6) is 0 Å². The van der Waals surface area contributed by atoms with Crippen molar-refractivity contribution in [1.82, 2.24) is 4.98 Å². The number of benzene rings is 6. The Morgan fingerprint density at radius 1 is 0.425 bits per heavy atom. The van der Waals surface area contributed by atoms with E-state index in [1.54, 1.807) is 0 Å². The normalized spacial score (nSPS) is 11.9. The first-order valence-corrected chi connectivity index (χ1v) is 14.0. The zero-order chi connectivity index (χ0) is 27.3. The highest BCUT2D eigenvalue weighted by Gasteiger charge is 2.18. The molecule has 0 aliphatic carbocycles. The molecule has 0 spiro atoms. The van der Waals surface area contributed by atoms with Crippen LogP contribution in [0.15, 0.2) is 134 Å². The maximum atomic E-state index is 4.17. The highest BCUT2D eigenvalue weighted by molar-refractivity contribution is 6.21. The van der Waals surface area contributed by atoms with Crippen LogP contribution >= 0.6 is 0 Å². The van der Waals surface area contributed by atoms with Crippen LogP contribution in [0.2, 0.25) is 0 Å². The summed E-state index contributed by atoms with van der Waals surface area (Å²) in [5, 5.41) is 7.61. The average molecular weight is 514 g/mol. The summed E-state index contributed by atoms with van der Waals surface area (Å²) in [5.41, 5.74) is 8.97. The molecule has 6 aromatic carbocycles. The van der Waals surface area contributed by atoms with Crippen molar-refractivity contribution >= 4 is 32.3 Å². The zero-order valence-electron chi connectivity index (χ0n) is 23.1. The van der Waals surface area contributed by atoms with Crippen molar-refractivity contribution in [1.29, 1.82) is 0 Å². The van der Waals surface area contributed by atoms with Gasteiger partial charge in [0.1, 0.15) is 0 Å². The summed E-state index contributed by atoms with van der Waals surface area (Å²) in [7, 11) is 0.